The quantitative estimate of drug-likeness (QED) is 0.823. The third-order valence-corrected chi connectivity index (χ3v) is 3.63. The van der Waals surface area contributed by atoms with E-state index in [0.29, 0.717) is 28.6 Å². The average Bonchev–Trinajstić information content (AvgIpc) is 2.80. The van der Waals surface area contributed by atoms with Crippen LogP contribution in [0.2, 0.25) is 0 Å². The van der Waals surface area contributed by atoms with Gasteiger partial charge in [-0.15, -0.1) is 11.3 Å². The van der Waals surface area contributed by atoms with Gasteiger partial charge in [-0.25, -0.2) is 0 Å². The zero-order chi connectivity index (χ0) is 14.4. The molecule has 1 aromatic heterocycles. The van der Waals surface area contributed by atoms with Crippen LogP contribution in [0.25, 0.3) is 0 Å². The second-order valence-electron chi connectivity index (χ2n) is 3.86. The Labute approximate surface area is 120 Å². The van der Waals surface area contributed by atoms with Crippen molar-refractivity contribution in [1.82, 2.24) is 0 Å². The summed E-state index contributed by atoms with van der Waals surface area (Å²) in [6, 6.07) is 13.4. The summed E-state index contributed by atoms with van der Waals surface area (Å²) in [6.07, 6.45) is 0. The molecule has 5 nitrogen and oxygen atoms in total. The smallest absolute Gasteiger partial charge is 0.131 e. The van der Waals surface area contributed by atoms with Gasteiger partial charge in [-0.05, 0) is 12.1 Å². The molecule has 0 aliphatic heterocycles. The van der Waals surface area contributed by atoms with E-state index in [1.54, 1.807) is 0 Å². The number of nitrogens with one attached hydrogen (secondary N) is 1. The highest BCUT2D eigenvalue weighted by molar-refractivity contribution is 7.17. The molecular weight excluding hydrogens is 272 g/mol. The maximum Gasteiger partial charge on any atom is 0.131 e. The number of hydrogen-bond donors (Lipinski definition) is 2. The Hall–Kier alpha value is -2.70. The van der Waals surface area contributed by atoms with Gasteiger partial charge < -0.3 is 15.8 Å². The summed E-state index contributed by atoms with van der Waals surface area (Å²) in [6.45, 7) is 0.975. The van der Waals surface area contributed by atoms with Crippen LogP contribution >= 0.6 is 11.3 Å². The largest absolute Gasteiger partial charge is 0.492 e. The number of anilines is 2. The van der Waals surface area contributed by atoms with Crippen LogP contribution in [0.3, 0.4) is 0 Å². The second-order valence-corrected chi connectivity index (χ2v) is 4.88. The Bertz CT molecular complexity index is 667. The maximum absolute atomic E-state index is 9.04. The summed E-state index contributed by atoms with van der Waals surface area (Å²) in [7, 11) is 0. The Morgan fingerprint density at radius 3 is 2.60 bits per heavy atom. The number of ether oxygens (including phenoxy) is 1. The average molecular weight is 284 g/mol. The number of hydrogen-bond acceptors (Lipinski definition) is 6. The van der Waals surface area contributed by atoms with E-state index in [4.69, 9.17) is 21.0 Å². The lowest BCUT2D eigenvalue weighted by atomic mass is 10.2. The first-order valence-corrected chi connectivity index (χ1v) is 6.72. The second kappa shape index (κ2) is 6.46. The summed E-state index contributed by atoms with van der Waals surface area (Å²) >= 11 is 1.18. The number of nitriles is 2. The topological polar surface area (TPSA) is 94.9 Å². The van der Waals surface area contributed by atoms with Gasteiger partial charge in [0.25, 0.3) is 0 Å². The van der Waals surface area contributed by atoms with Crippen LogP contribution in [0, 0.1) is 22.7 Å². The molecule has 100 valence electrons. The lowest BCUT2D eigenvalue weighted by molar-refractivity contribution is 0.333. The fourth-order valence-corrected chi connectivity index (χ4v) is 2.51. The van der Waals surface area contributed by atoms with Crippen LogP contribution in [0.15, 0.2) is 30.3 Å². The summed E-state index contributed by atoms with van der Waals surface area (Å²) < 4.78 is 5.53. The third kappa shape index (κ3) is 3.00. The molecule has 0 fully saturated rings. The molecule has 20 heavy (non-hydrogen) atoms. The monoisotopic (exact) mass is 284 g/mol. The SMILES string of the molecule is N#Cc1sc(NCCOc2ccccc2)c(C#N)c1N. The van der Waals surface area contributed by atoms with Gasteiger partial charge in [0, 0.05) is 6.54 Å². The van der Waals surface area contributed by atoms with Crippen LogP contribution in [-0.4, -0.2) is 13.2 Å². The highest BCUT2D eigenvalue weighted by atomic mass is 32.1. The van der Waals surface area contributed by atoms with E-state index in [-0.39, 0.29) is 5.69 Å². The van der Waals surface area contributed by atoms with Gasteiger partial charge >= 0.3 is 0 Å². The molecule has 1 heterocycles. The van der Waals surface area contributed by atoms with Crippen molar-refractivity contribution in [1.29, 1.82) is 10.5 Å². The number of nitrogens with zero attached hydrogens (tertiary/aromatic N) is 2. The zero-order valence-corrected chi connectivity index (χ0v) is 11.4. The summed E-state index contributed by atoms with van der Waals surface area (Å²) in [5.41, 5.74) is 6.28. The van der Waals surface area contributed by atoms with Crippen LogP contribution in [0.4, 0.5) is 10.7 Å². The number of benzene rings is 1. The van der Waals surface area contributed by atoms with Gasteiger partial charge in [-0.3, -0.25) is 0 Å². The predicted octanol–water partition coefficient (Wildman–Crippen LogP) is 2.56. The minimum absolute atomic E-state index is 0.242. The minimum atomic E-state index is 0.242. The van der Waals surface area contributed by atoms with Crippen molar-refractivity contribution in [2.24, 2.45) is 0 Å². The van der Waals surface area contributed by atoms with Crippen molar-refractivity contribution in [3.8, 4) is 17.9 Å². The van der Waals surface area contributed by atoms with E-state index in [9.17, 15) is 0 Å². The molecule has 0 spiro atoms. The molecule has 0 aliphatic carbocycles. The number of para-hydroxylation sites is 1. The number of rotatable bonds is 5. The van der Waals surface area contributed by atoms with Gasteiger partial charge in [0.2, 0.25) is 0 Å². The first-order chi connectivity index (χ1) is 9.76. The van der Waals surface area contributed by atoms with E-state index in [0.717, 1.165) is 5.75 Å². The van der Waals surface area contributed by atoms with Gasteiger partial charge in [0.1, 0.15) is 39.9 Å². The normalized spacial score (nSPS) is 9.50. The van der Waals surface area contributed by atoms with E-state index in [1.165, 1.54) is 11.3 Å². The molecule has 0 radical (unpaired) electrons. The minimum Gasteiger partial charge on any atom is -0.492 e. The standard InChI is InChI=1S/C14H12N4OS/c15-8-11-13(17)12(9-16)20-14(11)18-6-7-19-10-4-2-1-3-5-10/h1-5,18H,6-7,17H2. The van der Waals surface area contributed by atoms with E-state index in [1.807, 2.05) is 42.5 Å². The molecule has 1 aromatic carbocycles. The van der Waals surface area contributed by atoms with Crippen molar-refractivity contribution < 1.29 is 4.74 Å². The van der Waals surface area contributed by atoms with Gasteiger partial charge in [0.05, 0.1) is 5.69 Å². The zero-order valence-electron chi connectivity index (χ0n) is 10.6. The van der Waals surface area contributed by atoms with E-state index < -0.39 is 0 Å². The Kier molecular flexibility index (Phi) is 4.43. The molecule has 6 heteroatoms. The molecule has 0 unspecified atom stereocenters. The molecule has 2 aromatic rings. The van der Waals surface area contributed by atoms with Crippen LogP contribution in [0.5, 0.6) is 5.75 Å². The molecule has 0 saturated carbocycles. The molecule has 0 amide bonds. The van der Waals surface area contributed by atoms with Crippen molar-refractivity contribution in [3.63, 3.8) is 0 Å². The highest BCUT2D eigenvalue weighted by Crippen LogP contribution is 2.34. The van der Waals surface area contributed by atoms with Gasteiger partial charge in [0.15, 0.2) is 0 Å². The van der Waals surface area contributed by atoms with Crippen molar-refractivity contribution >= 4 is 22.0 Å². The van der Waals surface area contributed by atoms with Crippen molar-refractivity contribution in [2.75, 3.05) is 24.2 Å². The van der Waals surface area contributed by atoms with Crippen LogP contribution in [0.1, 0.15) is 10.4 Å². The fraction of sp³-hybridized carbons (Fsp3) is 0.143. The molecule has 0 atom stereocenters. The highest BCUT2D eigenvalue weighted by Gasteiger charge is 2.14. The van der Waals surface area contributed by atoms with Crippen LogP contribution < -0.4 is 15.8 Å². The summed E-state index contributed by atoms with van der Waals surface area (Å²) in [5.74, 6) is 0.790. The van der Waals surface area contributed by atoms with E-state index in [2.05, 4.69) is 5.32 Å². The third-order valence-electron chi connectivity index (χ3n) is 2.56. The van der Waals surface area contributed by atoms with E-state index >= 15 is 0 Å². The maximum atomic E-state index is 9.04. The molecule has 0 bridgehead atoms. The Balaban J connectivity index is 1.92. The predicted molar refractivity (Wildman–Crippen MR) is 78.6 cm³/mol. The van der Waals surface area contributed by atoms with Gasteiger partial charge in [-0.1, -0.05) is 18.2 Å². The molecule has 0 aliphatic rings. The van der Waals surface area contributed by atoms with Crippen molar-refractivity contribution in [3.05, 3.63) is 40.8 Å². The first kappa shape index (κ1) is 13.7. The molecule has 0 saturated heterocycles. The van der Waals surface area contributed by atoms with Crippen molar-refractivity contribution in [2.45, 2.75) is 0 Å². The lowest BCUT2D eigenvalue weighted by Gasteiger charge is -2.07. The number of nitrogen functional groups attached to an aromatic ring is 1. The number of thiophene rings is 1. The van der Waals surface area contributed by atoms with Gasteiger partial charge in [-0.2, -0.15) is 10.5 Å². The first-order valence-electron chi connectivity index (χ1n) is 5.90. The molecular formula is C14H12N4OS. The summed E-state index contributed by atoms with van der Waals surface area (Å²) in [5, 5.41) is 21.6. The van der Waals surface area contributed by atoms with Crippen LogP contribution in [-0.2, 0) is 0 Å². The summed E-state index contributed by atoms with van der Waals surface area (Å²) in [4.78, 5) is 0.355. The fourth-order valence-electron chi connectivity index (χ4n) is 1.61. The Morgan fingerprint density at radius 1 is 1.20 bits per heavy atom. The molecule has 2 rings (SSSR count). The lowest BCUT2D eigenvalue weighted by Crippen LogP contribution is -2.11. The Morgan fingerprint density at radius 2 is 1.95 bits per heavy atom. The number of nitrogens with two attached hydrogens (primary N) is 1. The molecule has 3 N–H and O–H groups in total.